The van der Waals surface area contributed by atoms with Crippen LogP contribution in [-0.4, -0.2) is 100 Å². The number of Topliss-reactive ketones (excluding diaryl/α,β-unsaturated/α-hetero) is 1. The fourth-order valence-electron chi connectivity index (χ4n) is 6.66. The van der Waals surface area contributed by atoms with Crippen LogP contribution in [0.4, 0.5) is 4.39 Å². The topological polar surface area (TPSA) is 175 Å². The monoisotopic (exact) mass is 684 g/mol. The summed E-state index contributed by atoms with van der Waals surface area (Å²) in [6.45, 7) is 9.38. The molecule has 2 heterocycles. The molecule has 1 saturated carbocycles. The van der Waals surface area contributed by atoms with Gasteiger partial charge in [-0.05, 0) is 60.5 Å². The molecule has 1 aromatic carbocycles. The third-order valence-electron chi connectivity index (χ3n) is 10.0. The molecule has 0 unspecified atom stereocenters. The van der Waals surface area contributed by atoms with Crippen molar-refractivity contribution in [3.63, 3.8) is 0 Å². The minimum atomic E-state index is -1.13. The number of piperazine rings is 1. The molecule has 0 bridgehead atoms. The van der Waals surface area contributed by atoms with Crippen molar-refractivity contribution in [1.82, 2.24) is 30.7 Å². The molecule has 3 amide bonds. The molecule has 0 spiro atoms. The number of nitrogens with one attached hydrogen (secondary N) is 2. The summed E-state index contributed by atoms with van der Waals surface area (Å²) in [5, 5.41) is 22.3. The van der Waals surface area contributed by atoms with Crippen LogP contribution in [0, 0.1) is 23.6 Å². The second kappa shape index (κ2) is 17.0. The molecular formula is C35H49FN6O7. The van der Waals surface area contributed by atoms with E-state index in [1.165, 1.54) is 19.1 Å². The molecule has 14 heteroatoms. The third-order valence-corrected chi connectivity index (χ3v) is 10.0. The van der Waals surface area contributed by atoms with Crippen molar-refractivity contribution in [2.45, 2.75) is 90.6 Å². The van der Waals surface area contributed by atoms with Gasteiger partial charge in [0.1, 0.15) is 17.6 Å². The summed E-state index contributed by atoms with van der Waals surface area (Å²) in [4.78, 5) is 68.7. The first-order valence-corrected chi connectivity index (χ1v) is 17.2. The highest BCUT2D eigenvalue weighted by molar-refractivity contribution is 5.97. The number of rotatable bonds is 14. The number of nitrogens with zero attached hydrogens (tertiary/aromatic N) is 4. The number of hydrogen-bond acceptors (Lipinski definition) is 9. The number of ketones is 1. The van der Waals surface area contributed by atoms with Gasteiger partial charge in [0.2, 0.25) is 11.8 Å². The molecule has 1 saturated heterocycles. The number of benzene rings is 1. The number of halogens is 1. The van der Waals surface area contributed by atoms with Gasteiger partial charge in [-0.25, -0.2) is 9.02 Å². The Balaban J connectivity index is 1.54. The van der Waals surface area contributed by atoms with Gasteiger partial charge < -0.3 is 25.5 Å². The van der Waals surface area contributed by atoms with E-state index < -0.39 is 53.9 Å². The van der Waals surface area contributed by atoms with Crippen LogP contribution < -0.4 is 10.6 Å². The molecule has 13 nitrogen and oxygen atoms in total. The summed E-state index contributed by atoms with van der Waals surface area (Å²) in [5.74, 6) is -4.74. The molecule has 4 rings (SSSR count). The molecule has 1 aromatic heterocycles. The lowest BCUT2D eigenvalue weighted by Crippen LogP contribution is -2.56. The average Bonchev–Trinajstić information content (AvgIpc) is 3.56. The van der Waals surface area contributed by atoms with Crippen molar-refractivity contribution in [1.29, 1.82) is 0 Å². The third kappa shape index (κ3) is 9.71. The van der Waals surface area contributed by atoms with Crippen molar-refractivity contribution in [3.05, 3.63) is 46.5 Å². The summed E-state index contributed by atoms with van der Waals surface area (Å²) in [6, 6.07) is 2.50. The summed E-state index contributed by atoms with van der Waals surface area (Å²) in [5.41, 5.74) is 0.986. The zero-order chi connectivity index (χ0) is 35.8. The van der Waals surface area contributed by atoms with E-state index in [2.05, 4.69) is 32.8 Å². The van der Waals surface area contributed by atoms with Gasteiger partial charge in [0.15, 0.2) is 11.5 Å². The largest absolute Gasteiger partial charge is 0.481 e. The Bertz CT molecular complexity index is 1500. The van der Waals surface area contributed by atoms with E-state index in [9.17, 15) is 29.1 Å². The number of carbonyl (C=O) groups is 5. The van der Waals surface area contributed by atoms with E-state index >= 15 is 4.39 Å². The Labute approximate surface area is 286 Å². The zero-order valence-corrected chi connectivity index (χ0v) is 29.0. The van der Waals surface area contributed by atoms with E-state index in [1.54, 1.807) is 17.9 Å². The smallest absolute Gasteiger partial charge is 0.304 e. The molecule has 1 aliphatic carbocycles. The lowest BCUT2D eigenvalue weighted by atomic mass is 9.77. The normalized spacial score (nSPS) is 20.9. The van der Waals surface area contributed by atoms with Crippen LogP contribution in [0.15, 0.2) is 22.8 Å². The van der Waals surface area contributed by atoms with E-state index in [4.69, 9.17) is 4.63 Å². The van der Waals surface area contributed by atoms with Crippen molar-refractivity contribution < 1.29 is 38.1 Å². The molecular weight excluding hydrogens is 635 g/mol. The van der Waals surface area contributed by atoms with Gasteiger partial charge in [0, 0.05) is 44.4 Å². The van der Waals surface area contributed by atoms with Crippen LogP contribution in [-0.2, 0) is 32.0 Å². The maximum atomic E-state index is 15.8. The molecule has 2 aromatic rings. The van der Waals surface area contributed by atoms with Crippen LogP contribution in [0.2, 0.25) is 0 Å². The fourth-order valence-corrected chi connectivity index (χ4v) is 6.66. The first-order chi connectivity index (χ1) is 23.3. The van der Waals surface area contributed by atoms with Crippen molar-refractivity contribution >= 4 is 29.5 Å². The summed E-state index contributed by atoms with van der Waals surface area (Å²) >= 11 is 0. The van der Waals surface area contributed by atoms with Crippen LogP contribution in [0.1, 0.15) is 93.0 Å². The second-order valence-electron chi connectivity index (χ2n) is 13.8. The van der Waals surface area contributed by atoms with Gasteiger partial charge in [-0.1, -0.05) is 57.8 Å². The number of hydrogen-bond donors (Lipinski definition) is 3. The zero-order valence-electron chi connectivity index (χ0n) is 29.0. The number of carboxylic acid groups (broad SMARTS) is 1. The fraction of sp³-hybridized carbons (Fsp3) is 0.629. The Hall–Kier alpha value is -4.20. The Morgan fingerprint density at radius 1 is 1.02 bits per heavy atom. The molecule has 1 aliphatic heterocycles. The van der Waals surface area contributed by atoms with E-state index in [0.29, 0.717) is 49.8 Å². The summed E-state index contributed by atoms with van der Waals surface area (Å²) < 4.78 is 20.5. The van der Waals surface area contributed by atoms with Gasteiger partial charge >= 0.3 is 5.97 Å². The SMILES string of the molecule is CCc1nonc1C(=O)N[C@H](C(=O)Cc1ccc([C@H](C)[C@@H](NC(=O)[C@H](C)CC(=O)O)C(=O)N2CCN(C)CC2)cc1F)C1CCC(C)CC1. The lowest BCUT2D eigenvalue weighted by molar-refractivity contribution is -0.142. The highest BCUT2D eigenvalue weighted by atomic mass is 19.1. The van der Waals surface area contributed by atoms with E-state index in [0.717, 1.165) is 25.7 Å². The number of aryl methyl sites for hydroxylation is 1. The minimum Gasteiger partial charge on any atom is -0.481 e. The Morgan fingerprint density at radius 2 is 1.69 bits per heavy atom. The van der Waals surface area contributed by atoms with Crippen LogP contribution >= 0.6 is 0 Å². The quantitative estimate of drug-likeness (QED) is 0.268. The number of likely N-dealkylation sites (N-methyl/N-ethyl adjacent to an activating group) is 1. The number of aliphatic carboxylic acids is 1. The van der Waals surface area contributed by atoms with Gasteiger partial charge in [0.05, 0.1) is 12.5 Å². The first kappa shape index (κ1) is 37.6. The van der Waals surface area contributed by atoms with E-state index in [-0.39, 0.29) is 35.3 Å². The number of amides is 3. The highest BCUT2D eigenvalue weighted by Gasteiger charge is 2.36. The van der Waals surface area contributed by atoms with Crippen LogP contribution in [0.3, 0.4) is 0 Å². The van der Waals surface area contributed by atoms with Crippen molar-refractivity contribution in [3.8, 4) is 0 Å². The van der Waals surface area contributed by atoms with Crippen molar-refractivity contribution in [2.75, 3.05) is 33.2 Å². The summed E-state index contributed by atoms with van der Waals surface area (Å²) in [7, 11) is 1.95. The number of carboxylic acids is 1. The second-order valence-corrected chi connectivity index (χ2v) is 13.8. The van der Waals surface area contributed by atoms with E-state index in [1.807, 2.05) is 14.0 Å². The van der Waals surface area contributed by atoms with Crippen molar-refractivity contribution in [2.24, 2.45) is 17.8 Å². The standard InChI is InChI=1S/C35H49FN6O7/c1-6-27-32(40-49-39-27)34(47)38-31(23-9-7-20(2)8-10-23)28(43)19-25-12-11-24(18-26(25)36)22(4)30(37-33(46)21(3)17-29(44)45)35(48)42-15-13-41(5)14-16-42/h11-12,18,20-23,30-31H,6-10,13-17,19H2,1-5H3,(H,37,46)(H,38,47)(H,44,45)/t20?,21-,22+,23?,30-,31+/m1/s1. The molecule has 4 atom stereocenters. The average molecular weight is 685 g/mol. The molecule has 2 fully saturated rings. The first-order valence-electron chi connectivity index (χ1n) is 17.2. The van der Waals surface area contributed by atoms with Gasteiger partial charge in [-0.3, -0.25) is 24.0 Å². The molecule has 3 N–H and O–H groups in total. The number of carbonyl (C=O) groups excluding carboxylic acids is 4. The molecule has 0 radical (unpaired) electrons. The predicted molar refractivity (Wildman–Crippen MR) is 177 cm³/mol. The van der Waals surface area contributed by atoms with Gasteiger partial charge in [-0.2, -0.15) is 0 Å². The lowest BCUT2D eigenvalue weighted by Gasteiger charge is -2.36. The minimum absolute atomic E-state index is 0.0270. The van der Waals surface area contributed by atoms with Crippen LogP contribution in [0.5, 0.6) is 0 Å². The predicted octanol–water partition coefficient (Wildman–Crippen LogP) is 2.98. The maximum absolute atomic E-state index is 15.8. The molecule has 268 valence electrons. The van der Waals surface area contributed by atoms with Gasteiger partial charge in [-0.15, -0.1) is 0 Å². The molecule has 2 aliphatic rings. The molecule has 49 heavy (non-hydrogen) atoms. The van der Waals surface area contributed by atoms with Crippen LogP contribution in [0.25, 0.3) is 0 Å². The van der Waals surface area contributed by atoms with Gasteiger partial charge in [0.25, 0.3) is 5.91 Å². The highest BCUT2D eigenvalue weighted by Crippen LogP contribution is 2.32. The maximum Gasteiger partial charge on any atom is 0.304 e. The Kier molecular flexibility index (Phi) is 13.0. The number of aromatic nitrogens is 2. The summed E-state index contributed by atoms with van der Waals surface area (Å²) in [6.07, 6.45) is 3.08. The Morgan fingerprint density at radius 3 is 2.31 bits per heavy atom.